The van der Waals surface area contributed by atoms with E-state index in [1.54, 1.807) is 19.2 Å². The van der Waals surface area contributed by atoms with Crippen LogP contribution in [0, 0.1) is 16.0 Å². The average Bonchev–Trinajstić information content (AvgIpc) is 3.30. The molecular formula is C30H33N5O4. The zero-order chi connectivity index (χ0) is 27.5. The van der Waals surface area contributed by atoms with Crippen LogP contribution in [-0.4, -0.2) is 63.3 Å². The molecule has 0 spiro atoms. The fourth-order valence-electron chi connectivity index (χ4n) is 5.04. The number of benzene rings is 2. The molecule has 0 bridgehead atoms. The van der Waals surface area contributed by atoms with Crippen LogP contribution in [0.5, 0.6) is 5.75 Å². The highest BCUT2D eigenvalue weighted by molar-refractivity contribution is 5.76. The van der Waals surface area contributed by atoms with E-state index in [9.17, 15) is 14.9 Å². The van der Waals surface area contributed by atoms with E-state index in [0.29, 0.717) is 32.0 Å². The Labute approximate surface area is 227 Å². The van der Waals surface area contributed by atoms with Crippen molar-refractivity contribution in [1.82, 2.24) is 19.2 Å². The van der Waals surface area contributed by atoms with Crippen LogP contribution in [0.1, 0.15) is 26.0 Å². The number of hydrogen-bond donors (Lipinski definition) is 0. The number of imidazole rings is 1. The first-order valence-corrected chi connectivity index (χ1v) is 13.2. The molecule has 202 valence electrons. The van der Waals surface area contributed by atoms with Gasteiger partial charge in [0.15, 0.2) is 0 Å². The summed E-state index contributed by atoms with van der Waals surface area (Å²) in [5, 5.41) is 11.3. The fourth-order valence-corrected chi connectivity index (χ4v) is 5.04. The molecule has 1 saturated heterocycles. The van der Waals surface area contributed by atoms with Gasteiger partial charge in [-0.15, -0.1) is 0 Å². The van der Waals surface area contributed by atoms with E-state index in [0.717, 1.165) is 52.6 Å². The molecule has 1 amide bonds. The number of methoxy groups -OCH3 is 1. The second-order valence-corrected chi connectivity index (χ2v) is 10.3. The molecule has 3 heterocycles. The molecule has 0 atom stereocenters. The van der Waals surface area contributed by atoms with Gasteiger partial charge in [0.25, 0.3) is 5.69 Å². The normalized spacial score (nSPS) is 14.2. The molecule has 1 fully saturated rings. The molecular weight excluding hydrogens is 494 g/mol. The van der Waals surface area contributed by atoms with Crippen molar-refractivity contribution in [2.75, 3.05) is 33.3 Å². The highest BCUT2D eigenvalue weighted by Gasteiger charge is 2.24. The number of aromatic nitrogens is 2. The summed E-state index contributed by atoms with van der Waals surface area (Å²) in [7, 11) is 1.65. The largest absolute Gasteiger partial charge is 0.497 e. The molecule has 9 heteroatoms. The van der Waals surface area contributed by atoms with Crippen molar-refractivity contribution in [3.05, 3.63) is 82.7 Å². The summed E-state index contributed by atoms with van der Waals surface area (Å²) < 4.78 is 7.43. The third-order valence-corrected chi connectivity index (χ3v) is 7.15. The van der Waals surface area contributed by atoms with E-state index in [1.807, 2.05) is 53.6 Å². The topological polar surface area (TPSA) is 93.2 Å². The van der Waals surface area contributed by atoms with Crippen molar-refractivity contribution in [3.63, 3.8) is 0 Å². The van der Waals surface area contributed by atoms with Crippen LogP contribution in [0.25, 0.3) is 28.0 Å². The molecule has 0 unspecified atom stereocenters. The standard InChI is InChI=1S/C30H33N5O4/c1-21(2)17-29(36)33-15-13-32(14-16-33)20-27-30(22-7-10-26(39-3)11-8-22)31-28-12-9-24(19-34(27)28)23-5-4-6-25(18-23)35(37)38/h4-12,18-19,21H,13-17,20H2,1-3H3. The Morgan fingerprint density at radius 1 is 1.00 bits per heavy atom. The lowest BCUT2D eigenvalue weighted by atomic mass is 10.1. The number of hydrogen-bond acceptors (Lipinski definition) is 6. The molecule has 2 aromatic carbocycles. The number of ether oxygens (including phenoxy) is 1. The van der Waals surface area contributed by atoms with Gasteiger partial charge >= 0.3 is 0 Å². The molecule has 0 aliphatic carbocycles. The van der Waals surface area contributed by atoms with Crippen molar-refractivity contribution in [1.29, 1.82) is 0 Å². The average molecular weight is 528 g/mol. The molecule has 39 heavy (non-hydrogen) atoms. The van der Waals surface area contributed by atoms with Crippen LogP contribution < -0.4 is 4.74 Å². The maximum atomic E-state index is 12.6. The predicted octanol–water partition coefficient (Wildman–Crippen LogP) is 5.28. The lowest BCUT2D eigenvalue weighted by Crippen LogP contribution is -2.48. The highest BCUT2D eigenvalue weighted by atomic mass is 16.6. The molecule has 2 aromatic heterocycles. The number of carbonyl (C=O) groups excluding carboxylic acids is 1. The Kier molecular flexibility index (Phi) is 7.60. The van der Waals surface area contributed by atoms with Gasteiger partial charge in [0.2, 0.25) is 5.91 Å². The summed E-state index contributed by atoms with van der Waals surface area (Å²) in [5.41, 5.74) is 5.40. The van der Waals surface area contributed by atoms with Crippen LogP contribution in [0.4, 0.5) is 5.69 Å². The zero-order valence-electron chi connectivity index (χ0n) is 22.5. The molecule has 1 aliphatic heterocycles. The van der Waals surface area contributed by atoms with Gasteiger partial charge in [-0.05, 0) is 53.4 Å². The number of fused-ring (bicyclic) bond motifs is 1. The summed E-state index contributed by atoms with van der Waals surface area (Å²) in [6.07, 6.45) is 2.58. The maximum absolute atomic E-state index is 12.6. The van der Waals surface area contributed by atoms with Gasteiger partial charge in [-0.25, -0.2) is 4.98 Å². The number of nitro groups is 1. The Hall–Kier alpha value is -4.24. The van der Waals surface area contributed by atoms with Gasteiger partial charge in [-0.1, -0.05) is 26.0 Å². The second kappa shape index (κ2) is 11.2. The molecule has 4 aromatic rings. The number of rotatable bonds is 8. The van der Waals surface area contributed by atoms with Crippen molar-refractivity contribution < 1.29 is 14.5 Å². The van der Waals surface area contributed by atoms with Crippen molar-refractivity contribution in [2.24, 2.45) is 5.92 Å². The summed E-state index contributed by atoms with van der Waals surface area (Å²) in [4.78, 5) is 32.9. The zero-order valence-corrected chi connectivity index (χ0v) is 22.5. The first-order valence-electron chi connectivity index (χ1n) is 13.2. The van der Waals surface area contributed by atoms with E-state index >= 15 is 0 Å². The Bertz CT molecular complexity index is 1490. The lowest BCUT2D eigenvalue weighted by molar-refractivity contribution is -0.384. The monoisotopic (exact) mass is 527 g/mol. The number of nitro benzene ring substituents is 1. The Balaban J connectivity index is 1.49. The van der Waals surface area contributed by atoms with Crippen molar-refractivity contribution >= 4 is 17.2 Å². The number of pyridine rings is 1. The van der Waals surface area contributed by atoms with Gasteiger partial charge in [0.05, 0.1) is 23.4 Å². The molecule has 9 nitrogen and oxygen atoms in total. The number of nitrogens with zero attached hydrogens (tertiary/aromatic N) is 5. The summed E-state index contributed by atoms with van der Waals surface area (Å²) in [6.45, 7) is 7.78. The summed E-state index contributed by atoms with van der Waals surface area (Å²) in [5.74, 6) is 1.35. The molecule has 0 saturated carbocycles. The van der Waals surface area contributed by atoms with Gasteiger partial charge in [-0.3, -0.25) is 19.8 Å². The van der Waals surface area contributed by atoms with Crippen molar-refractivity contribution in [2.45, 2.75) is 26.8 Å². The number of piperazine rings is 1. The smallest absolute Gasteiger partial charge is 0.270 e. The number of non-ortho nitro benzene ring substituents is 1. The van der Waals surface area contributed by atoms with E-state index in [2.05, 4.69) is 23.1 Å². The quantitative estimate of drug-likeness (QED) is 0.229. The van der Waals surface area contributed by atoms with Crippen LogP contribution >= 0.6 is 0 Å². The minimum absolute atomic E-state index is 0.0576. The molecule has 5 rings (SSSR count). The summed E-state index contributed by atoms with van der Waals surface area (Å²) >= 11 is 0. The van der Waals surface area contributed by atoms with E-state index < -0.39 is 0 Å². The third-order valence-electron chi connectivity index (χ3n) is 7.15. The minimum atomic E-state index is -0.377. The van der Waals surface area contributed by atoms with E-state index in [-0.39, 0.29) is 16.5 Å². The molecule has 0 N–H and O–H groups in total. The van der Waals surface area contributed by atoms with Crippen LogP contribution in [-0.2, 0) is 11.3 Å². The van der Waals surface area contributed by atoms with Crippen LogP contribution in [0.2, 0.25) is 0 Å². The molecule has 0 radical (unpaired) electrons. The van der Waals surface area contributed by atoms with E-state index in [4.69, 9.17) is 9.72 Å². The van der Waals surface area contributed by atoms with Gasteiger partial charge < -0.3 is 14.0 Å². The van der Waals surface area contributed by atoms with Gasteiger partial charge in [0.1, 0.15) is 11.4 Å². The van der Waals surface area contributed by atoms with E-state index in [1.165, 1.54) is 6.07 Å². The third kappa shape index (κ3) is 5.78. The van der Waals surface area contributed by atoms with Gasteiger partial charge in [0, 0.05) is 63.0 Å². The molecule has 1 aliphatic rings. The maximum Gasteiger partial charge on any atom is 0.270 e. The number of amides is 1. The van der Waals surface area contributed by atoms with Crippen molar-refractivity contribution in [3.8, 4) is 28.1 Å². The minimum Gasteiger partial charge on any atom is -0.497 e. The lowest BCUT2D eigenvalue weighted by Gasteiger charge is -2.35. The predicted molar refractivity (Wildman–Crippen MR) is 151 cm³/mol. The second-order valence-electron chi connectivity index (χ2n) is 10.3. The summed E-state index contributed by atoms with van der Waals surface area (Å²) in [6, 6.07) is 18.4. The fraction of sp³-hybridized carbons (Fsp3) is 0.333. The van der Waals surface area contributed by atoms with Crippen LogP contribution in [0.3, 0.4) is 0 Å². The van der Waals surface area contributed by atoms with Crippen LogP contribution in [0.15, 0.2) is 66.9 Å². The first kappa shape index (κ1) is 26.4. The highest BCUT2D eigenvalue weighted by Crippen LogP contribution is 2.30. The number of carbonyl (C=O) groups is 1. The Morgan fingerprint density at radius 3 is 2.38 bits per heavy atom. The SMILES string of the molecule is COc1ccc(-c2nc3ccc(-c4cccc([N+](=O)[O-])c4)cn3c2CN2CCN(C(=O)CC(C)C)CC2)cc1. The first-order chi connectivity index (χ1) is 18.8. The van der Waals surface area contributed by atoms with Gasteiger partial charge in [-0.2, -0.15) is 0 Å². The Morgan fingerprint density at radius 2 is 1.72 bits per heavy atom.